The maximum absolute atomic E-state index is 13.7. The minimum Gasteiger partial charge on any atom is -0.480 e. The molecule has 0 saturated carbocycles. The van der Waals surface area contributed by atoms with Crippen molar-refractivity contribution in [2.75, 3.05) is 6.54 Å². The summed E-state index contributed by atoms with van der Waals surface area (Å²) >= 11 is 0. The Hall–Kier alpha value is -8.59. The Morgan fingerprint density at radius 1 is 0.554 bits per heavy atom. The Morgan fingerprint density at radius 2 is 0.928 bits per heavy atom. The predicted octanol–water partition coefficient (Wildman–Crippen LogP) is 13.6. The SMILES string of the molecule is CC.CC(C)(C)OC(=O)N1CC(=O)O[C@@H](c2ccccc2)[C@H]1c1ccccc1.CC(C)(C)OC(=O)N1[C@H](Cc2ccc(OC(F)(F)F)cc2)C(=O)O[C@@H](c2ccccc2)[C@H]1c1ccccc1.N[C@H](Cc1ccc(OC(F)(F)F)cc1)C(=O)O. The van der Waals surface area contributed by atoms with Crippen LogP contribution in [0.1, 0.15) is 113 Å². The van der Waals surface area contributed by atoms with E-state index in [0.717, 1.165) is 41.0 Å². The number of hydrogen-bond donors (Lipinski definition) is 2. The zero-order chi connectivity index (χ0) is 61.3. The number of halogens is 6. The first-order valence-electron chi connectivity index (χ1n) is 26.3. The van der Waals surface area contributed by atoms with E-state index in [-0.39, 0.29) is 30.9 Å². The van der Waals surface area contributed by atoms with Gasteiger partial charge in [0.25, 0.3) is 0 Å². The number of carbonyl (C=O) groups excluding carboxylic acids is 4. The molecule has 2 heterocycles. The van der Waals surface area contributed by atoms with E-state index >= 15 is 0 Å². The largest absolute Gasteiger partial charge is 0.573 e. The fourth-order valence-corrected chi connectivity index (χ4v) is 8.60. The van der Waals surface area contributed by atoms with E-state index in [0.29, 0.717) is 16.7 Å². The van der Waals surface area contributed by atoms with Crippen LogP contribution < -0.4 is 15.2 Å². The summed E-state index contributed by atoms with van der Waals surface area (Å²) in [4.78, 5) is 65.5. The van der Waals surface area contributed by atoms with Gasteiger partial charge < -0.3 is 39.3 Å². The molecular weight excluding hydrogens is 1090 g/mol. The predicted molar refractivity (Wildman–Crippen MR) is 294 cm³/mol. The van der Waals surface area contributed by atoms with Crippen molar-refractivity contribution in [3.05, 3.63) is 203 Å². The van der Waals surface area contributed by atoms with Gasteiger partial charge in [-0.15, -0.1) is 26.3 Å². The first-order chi connectivity index (χ1) is 39.0. The van der Waals surface area contributed by atoms with Gasteiger partial charge >= 0.3 is 42.8 Å². The monoisotopic (exact) mass is 1160 g/mol. The molecular formula is C62H67F6N3O12. The van der Waals surface area contributed by atoms with Crippen molar-refractivity contribution >= 4 is 30.1 Å². The molecule has 83 heavy (non-hydrogen) atoms. The van der Waals surface area contributed by atoms with Crippen LogP contribution in [-0.4, -0.2) is 87.6 Å². The summed E-state index contributed by atoms with van der Waals surface area (Å²) in [7, 11) is 0. The normalized spacial score (nSPS) is 18.3. The number of carboxylic acids is 1. The Morgan fingerprint density at radius 3 is 1.33 bits per heavy atom. The molecule has 2 fully saturated rings. The number of cyclic esters (lactones) is 2. The third kappa shape index (κ3) is 20.4. The number of esters is 2. The molecule has 2 saturated heterocycles. The molecule has 3 N–H and O–H groups in total. The molecule has 6 aromatic rings. The van der Waals surface area contributed by atoms with Crippen molar-refractivity contribution in [2.45, 2.75) is 129 Å². The van der Waals surface area contributed by atoms with Gasteiger partial charge in [-0.3, -0.25) is 19.4 Å². The van der Waals surface area contributed by atoms with Crippen molar-refractivity contribution in [3.63, 3.8) is 0 Å². The van der Waals surface area contributed by atoms with E-state index in [4.69, 9.17) is 29.8 Å². The average Bonchev–Trinajstić information content (AvgIpc) is 3.00. The summed E-state index contributed by atoms with van der Waals surface area (Å²) in [6, 6.07) is 44.1. The Kier molecular flexibility index (Phi) is 22.7. The molecule has 0 unspecified atom stereocenters. The molecule has 0 bridgehead atoms. The minimum atomic E-state index is -4.82. The van der Waals surface area contributed by atoms with Gasteiger partial charge in [0.1, 0.15) is 53.4 Å². The molecule has 0 aliphatic carbocycles. The van der Waals surface area contributed by atoms with Crippen LogP contribution in [0, 0.1) is 0 Å². The Bertz CT molecular complexity index is 3020. The van der Waals surface area contributed by atoms with Crippen molar-refractivity contribution in [2.24, 2.45) is 5.73 Å². The first-order valence-corrected chi connectivity index (χ1v) is 26.3. The standard InChI is InChI=1S/C29H28F3NO5.C21H23NO4.C10H10F3NO3.C2H6/c1-28(2,3)38-27(35)33-23(18-19-14-16-22(17-15-19)37-29(30,31)32)26(34)36-25(21-12-8-5-9-13-21)24(33)20-10-6-4-7-11-20;1-21(2,3)26-20(24)22-14-17(23)25-19(16-12-8-5-9-13-16)18(22)15-10-6-4-7-11-15;11-10(12,13)17-7-3-1-6(2-4-7)5-8(14)9(15)16;1-2/h4-17,23-25H,18H2,1-3H3;4-13,18-19H,14H2,1-3H3;1-4,8H,5,14H2,(H,15,16);1-2H3/t23-,24-,25+;18-,19+;8-;/m111./s1. The molecule has 0 aromatic heterocycles. The average molecular weight is 1160 g/mol. The molecule has 0 spiro atoms. The van der Waals surface area contributed by atoms with E-state index in [1.807, 2.05) is 135 Å². The number of nitrogens with zero attached hydrogens (tertiary/aromatic N) is 2. The number of hydrogen-bond acceptors (Lipinski definition) is 12. The number of benzene rings is 6. The summed E-state index contributed by atoms with van der Waals surface area (Å²) in [6.07, 6.45) is -12.1. The molecule has 444 valence electrons. The number of carboxylic acid groups (broad SMARTS) is 1. The third-order valence-corrected chi connectivity index (χ3v) is 11.9. The quantitative estimate of drug-likeness (QED) is 0.0708. The topological polar surface area (TPSA) is 193 Å². The van der Waals surface area contributed by atoms with Gasteiger partial charge in [0, 0.05) is 6.42 Å². The molecule has 0 radical (unpaired) electrons. The second-order valence-corrected chi connectivity index (χ2v) is 20.5. The van der Waals surface area contributed by atoms with Gasteiger partial charge in [-0.25, -0.2) is 14.4 Å². The molecule has 2 amide bonds. The van der Waals surface area contributed by atoms with Gasteiger partial charge in [0.05, 0.1) is 0 Å². The third-order valence-electron chi connectivity index (χ3n) is 11.9. The highest BCUT2D eigenvalue weighted by Crippen LogP contribution is 2.44. The molecule has 15 nitrogen and oxygen atoms in total. The van der Waals surface area contributed by atoms with Crippen LogP contribution in [0.5, 0.6) is 11.5 Å². The van der Waals surface area contributed by atoms with Crippen LogP contribution in [0.4, 0.5) is 35.9 Å². The van der Waals surface area contributed by atoms with E-state index in [1.165, 1.54) is 34.1 Å². The number of ether oxygens (including phenoxy) is 6. The fourth-order valence-electron chi connectivity index (χ4n) is 8.60. The molecule has 2 aliphatic heterocycles. The number of morpholine rings is 2. The van der Waals surface area contributed by atoms with E-state index in [2.05, 4.69) is 9.47 Å². The second kappa shape index (κ2) is 28.9. The maximum Gasteiger partial charge on any atom is 0.573 e. The summed E-state index contributed by atoms with van der Waals surface area (Å²) in [5.41, 5.74) is 7.98. The number of amides is 2. The van der Waals surface area contributed by atoms with Crippen molar-refractivity contribution < 1.29 is 83.8 Å². The summed E-state index contributed by atoms with van der Waals surface area (Å²) in [6.45, 7) is 14.5. The summed E-state index contributed by atoms with van der Waals surface area (Å²) in [5.74, 6) is -3.00. The number of alkyl halides is 6. The van der Waals surface area contributed by atoms with Crippen LogP contribution in [0.25, 0.3) is 0 Å². The van der Waals surface area contributed by atoms with Crippen LogP contribution in [0.2, 0.25) is 0 Å². The van der Waals surface area contributed by atoms with E-state index < -0.39 is 90.4 Å². The van der Waals surface area contributed by atoms with Crippen LogP contribution in [0.15, 0.2) is 170 Å². The van der Waals surface area contributed by atoms with Gasteiger partial charge in [0.15, 0.2) is 12.2 Å². The van der Waals surface area contributed by atoms with Crippen molar-refractivity contribution in [1.82, 2.24) is 9.80 Å². The molecule has 6 aromatic carbocycles. The number of nitrogens with two attached hydrogens (primary N) is 1. The zero-order valence-electron chi connectivity index (χ0n) is 46.9. The lowest BCUT2D eigenvalue weighted by Gasteiger charge is -2.45. The highest BCUT2D eigenvalue weighted by molar-refractivity contribution is 5.84. The van der Waals surface area contributed by atoms with Gasteiger partial charge in [-0.2, -0.15) is 0 Å². The summed E-state index contributed by atoms with van der Waals surface area (Å²) in [5, 5.41) is 8.55. The van der Waals surface area contributed by atoms with Gasteiger partial charge in [-0.1, -0.05) is 159 Å². The van der Waals surface area contributed by atoms with E-state index in [9.17, 15) is 50.3 Å². The molecule has 2 aliphatic rings. The lowest BCUT2D eigenvalue weighted by molar-refractivity contribution is -0.275. The molecule has 6 atom stereocenters. The number of rotatable bonds is 11. The lowest BCUT2D eigenvalue weighted by atomic mass is 9.90. The second-order valence-electron chi connectivity index (χ2n) is 20.5. The minimum absolute atomic E-state index is 0.00474. The molecule has 21 heteroatoms. The van der Waals surface area contributed by atoms with Crippen LogP contribution in [0.3, 0.4) is 0 Å². The molecule has 8 rings (SSSR count). The van der Waals surface area contributed by atoms with Crippen LogP contribution in [-0.2, 0) is 46.2 Å². The van der Waals surface area contributed by atoms with Crippen molar-refractivity contribution in [3.8, 4) is 11.5 Å². The fraction of sp³-hybridized carbons (Fsp3) is 0.339. The zero-order valence-corrected chi connectivity index (χ0v) is 46.9. The van der Waals surface area contributed by atoms with Crippen LogP contribution >= 0.6 is 0 Å². The lowest BCUT2D eigenvalue weighted by Crippen LogP contribution is -2.56. The first kappa shape index (κ1) is 65.2. The Labute approximate surface area is 477 Å². The van der Waals surface area contributed by atoms with E-state index in [1.54, 1.807) is 41.5 Å². The number of carbonyl (C=O) groups is 5. The van der Waals surface area contributed by atoms with Crippen molar-refractivity contribution in [1.29, 1.82) is 0 Å². The summed E-state index contributed by atoms with van der Waals surface area (Å²) < 4.78 is 104. The van der Waals surface area contributed by atoms with Gasteiger partial charge in [0.2, 0.25) is 0 Å². The highest BCUT2D eigenvalue weighted by Gasteiger charge is 2.49. The maximum atomic E-state index is 13.7. The highest BCUT2D eigenvalue weighted by atomic mass is 19.4. The smallest absolute Gasteiger partial charge is 0.480 e. The number of aliphatic carboxylic acids is 1. The van der Waals surface area contributed by atoms with Gasteiger partial charge in [-0.05, 0) is 106 Å². The Balaban J connectivity index is 0.000000242.